The Kier molecular flexibility index (Phi) is 5.25. The highest BCUT2D eigenvalue weighted by molar-refractivity contribution is 7.18. The highest BCUT2D eigenvalue weighted by Crippen LogP contribution is 2.29. The van der Waals surface area contributed by atoms with Gasteiger partial charge in [0.25, 0.3) is 0 Å². The van der Waals surface area contributed by atoms with Crippen molar-refractivity contribution in [3.8, 4) is 5.88 Å². The van der Waals surface area contributed by atoms with Gasteiger partial charge in [-0.2, -0.15) is 4.98 Å². The number of aryl methyl sites for hydroxylation is 3. The number of hydrogen-bond acceptors (Lipinski definition) is 7. The molecule has 28 heavy (non-hydrogen) atoms. The monoisotopic (exact) mass is 401 g/mol. The van der Waals surface area contributed by atoms with Gasteiger partial charge in [0.2, 0.25) is 5.88 Å². The molecule has 1 fully saturated rings. The first-order valence-electron chi connectivity index (χ1n) is 9.55. The van der Waals surface area contributed by atoms with E-state index in [1.807, 2.05) is 33.8 Å². The zero-order valence-electron chi connectivity index (χ0n) is 16.6. The smallest absolute Gasteiger partial charge is 0.217 e. The third-order valence-electron chi connectivity index (χ3n) is 5.12. The van der Waals surface area contributed by atoms with Gasteiger partial charge in [-0.05, 0) is 46.6 Å². The number of rotatable bonds is 4. The molecule has 4 heterocycles. The fraction of sp³-hybridized carbons (Fsp3) is 0.500. The van der Waals surface area contributed by atoms with Crippen LogP contribution in [0.2, 0.25) is 0 Å². The van der Waals surface area contributed by atoms with Crippen LogP contribution in [0.5, 0.6) is 5.88 Å². The molecular weight excluding hydrogens is 377 g/mol. The van der Waals surface area contributed by atoms with Crippen molar-refractivity contribution < 1.29 is 9.13 Å². The van der Waals surface area contributed by atoms with E-state index < -0.39 is 0 Å². The van der Waals surface area contributed by atoms with Gasteiger partial charge < -0.3 is 4.74 Å². The molecule has 0 saturated carbocycles. The van der Waals surface area contributed by atoms with Gasteiger partial charge in [-0.25, -0.2) is 19.3 Å². The van der Waals surface area contributed by atoms with Crippen LogP contribution in [-0.4, -0.2) is 44.0 Å². The maximum Gasteiger partial charge on any atom is 0.217 e. The molecule has 0 aromatic carbocycles. The second-order valence-corrected chi connectivity index (χ2v) is 8.57. The lowest BCUT2D eigenvalue weighted by atomic mass is 10.0. The normalized spacial score (nSPS) is 17.2. The Balaban J connectivity index is 1.42. The number of halogens is 1. The van der Waals surface area contributed by atoms with Crippen LogP contribution in [0, 0.1) is 26.6 Å². The quantitative estimate of drug-likeness (QED) is 0.654. The Morgan fingerprint density at radius 2 is 1.86 bits per heavy atom. The molecule has 148 valence electrons. The van der Waals surface area contributed by atoms with Crippen molar-refractivity contribution in [1.82, 2.24) is 24.8 Å². The average molecular weight is 402 g/mol. The fourth-order valence-electron chi connectivity index (χ4n) is 3.72. The SMILES string of the molecule is Cc1cc(OC2CCN(C(C)c3nc4nc(C)sc4cc3F)CC2)nc(C)n1. The van der Waals surface area contributed by atoms with Crippen molar-refractivity contribution >= 4 is 21.7 Å². The predicted molar refractivity (Wildman–Crippen MR) is 107 cm³/mol. The summed E-state index contributed by atoms with van der Waals surface area (Å²) >= 11 is 1.47. The van der Waals surface area contributed by atoms with Crippen LogP contribution in [0.3, 0.4) is 0 Å². The average Bonchev–Trinajstić information content (AvgIpc) is 2.99. The van der Waals surface area contributed by atoms with Gasteiger partial charge in [-0.1, -0.05) is 0 Å². The molecule has 6 nitrogen and oxygen atoms in total. The molecule has 3 aromatic heterocycles. The predicted octanol–water partition coefficient (Wildman–Crippen LogP) is 4.15. The van der Waals surface area contributed by atoms with E-state index in [0.717, 1.165) is 47.2 Å². The summed E-state index contributed by atoms with van der Waals surface area (Å²) in [5.41, 5.74) is 2.01. The van der Waals surface area contributed by atoms with Crippen LogP contribution in [0.15, 0.2) is 12.1 Å². The minimum atomic E-state index is -0.256. The Morgan fingerprint density at radius 1 is 1.11 bits per heavy atom. The van der Waals surface area contributed by atoms with Crippen molar-refractivity contribution in [2.45, 2.75) is 52.7 Å². The van der Waals surface area contributed by atoms with Gasteiger partial charge in [-0.15, -0.1) is 11.3 Å². The highest BCUT2D eigenvalue weighted by atomic mass is 32.1. The van der Waals surface area contributed by atoms with Gasteiger partial charge in [-0.3, -0.25) is 4.90 Å². The van der Waals surface area contributed by atoms with Gasteiger partial charge in [0, 0.05) is 24.8 Å². The second-order valence-electron chi connectivity index (χ2n) is 7.33. The molecule has 0 bridgehead atoms. The lowest BCUT2D eigenvalue weighted by molar-refractivity contribution is 0.0746. The summed E-state index contributed by atoms with van der Waals surface area (Å²) in [4.78, 5) is 19.8. The second kappa shape index (κ2) is 7.67. The Hall–Kier alpha value is -2.19. The summed E-state index contributed by atoms with van der Waals surface area (Å²) in [5.74, 6) is 1.10. The molecule has 4 rings (SSSR count). The van der Waals surface area contributed by atoms with Gasteiger partial charge in [0.05, 0.1) is 21.4 Å². The van der Waals surface area contributed by atoms with Crippen molar-refractivity contribution in [2.75, 3.05) is 13.1 Å². The molecule has 0 aliphatic carbocycles. The fourth-order valence-corrected chi connectivity index (χ4v) is 4.52. The van der Waals surface area contributed by atoms with Crippen LogP contribution < -0.4 is 4.74 Å². The van der Waals surface area contributed by atoms with Gasteiger partial charge >= 0.3 is 0 Å². The molecule has 0 spiro atoms. The summed E-state index contributed by atoms with van der Waals surface area (Å²) in [6.45, 7) is 9.38. The van der Waals surface area contributed by atoms with Crippen molar-refractivity contribution in [1.29, 1.82) is 0 Å². The molecule has 1 atom stereocenters. The molecule has 1 saturated heterocycles. The lowest BCUT2D eigenvalue weighted by Gasteiger charge is -2.35. The number of likely N-dealkylation sites (tertiary alicyclic amines) is 1. The van der Waals surface area contributed by atoms with Gasteiger partial charge in [0.1, 0.15) is 17.7 Å². The number of ether oxygens (including phenoxy) is 1. The standard InChI is InChI=1S/C20H24FN5OS/c1-11-9-18(23-13(3)22-11)27-15-5-7-26(8-6-15)12(2)19-16(21)10-17-20(25-19)24-14(4)28-17/h9-10,12,15H,5-8H2,1-4H3. The number of nitrogens with zero attached hydrogens (tertiary/aromatic N) is 5. The molecule has 0 amide bonds. The zero-order chi connectivity index (χ0) is 19.8. The topological polar surface area (TPSA) is 64.0 Å². The minimum Gasteiger partial charge on any atom is -0.474 e. The van der Waals surface area contributed by atoms with Crippen molar-refractivity contribution in [3.05, 3.63) is 40.2 Å². The van der Waals surface area contributed by atoms with E-state index in [4.69, 9.17) is 4.74 Å². The van der Waals surface area contributed by atoms with Crippen molar-refractivity contribution in [2.24, 2.45) is 0 Å². The zero-order valence-corrected chi connectivity index (χ0v) is 17.4. The molecule has 0 N–H and O–H groups in total. The summed E-state index contributed by atoms with van der Waals surface area (Å²) in [6.07, 6.45) is 1.84. The number of pyridine rings is 1. The van der Waals surface area contributed by atoms with Crippen LogP contribution in [0.4, 0.5) is 4.39 Å². The number of hydrogen-bond donors (Lipinski definition) is 0. The summed E-state index contributed by atoms with van der Waals surface area (Å²) < 4.78 is 21.5. The van der Waals surface area contributed by atoms with E-state index in [-0.39, 0.29) is 18.0 Å². The van der Waals surface area contributed by atoms with Crippen molar-refractivity contribution in [3.63, 3.8) is 0 Å². The lowest BCUT2D eigenvalue weighted by Crippen LogP contribution is -2.40. The first-order chi connectivity index (χ1) is 13.4. The van der Waals surface area contributed by atoms with Crippen LogP contribution in [-0.2, 0) is 0 Å². The van der Waals surface area contributed by atoms with E-state index >= 15 is 0 Å². The summed E-state index contributed by atoms with van der Waals surface area (Å²) in [5, 5.41) is 0.903. The molecule has 8 heteroatoms. The molecular formula is C20H24FN5OS. The molecule has 1 aliphatic rings. The maximum absolute atomic E-state index is 14.6. The Bertz CT molecular complexity index is 979. The molecule has 1 aliphatic heterocycles. The summed E-state index contributed by atoms with van der Waals surface area (Å²) in [7, 11) is 0. The van der Waals surface area contributed by atoms with Gasteiger partial charge in [0.15, 0.2) is 5.65 Å². The van der Waals surface area contributed by atoms with E-state index in [9.17, 15) is 4.39 Å². The number of piperidine rings is 1. The van der Waals surface area contributed by atoms with Crippen LogP contribution in [0.25, 0.3) is 10.3 Å². The summed E-state index contributed by atoms with van der Waals surface area (Å²) in [6, 6.07) is 3.33. The maximum atomic E-state index is 14.6. The van der Waals surface area contributed by atoms with Crippen LogP contribution in [0.1, 0.15) is 48.0 Å². The largest absolute Gasteiger partial charge is 0.474 e. The molecule has 0 radical (unpaired) electrons. The first-order valence-corrected chi connectivity index (χ1v) is 10.4. The third-order valence-corrected chi connectivity index (χ3v) is 6.03. The Labute approximate surface area is 167 Å². The minimum absolute atomic E-state index is 0.101. The molecule has 1 unspecified atom stereocenters. The number of thiazole rings is 1. The van der Waals surface area contributed by atoms with E-state index in [0.29, 0.717) is 17.2 Å². The van der Waals surface area contributed by atoms with Crippen LogP contribution >= 0.6 is 11.3 Å². The number of fused-ring (bicyclic) bond motifs is 1. The number of aromatic nitrogens is 4. The van der Waals surface area contributed by atoms with E-state index in [1.165, 1.54) is 11.3 Å². The molecule has 3 aromatic rings. The first kappa shape index (κ1) is 19.1. The van der Waals surface area contributed by atoms with E-state index in [1.54, 1.807) is 6.07 Å². The highest BCUT2D eigenvalue weighted by Gasteiger charge is 2.27. The third kappa shape index (κ3) is 3.98. The van der Waals surface area contributed by atoms with E-state index in [2.05, 4.69) is 24.8 Å². The Morgan fingerprint density at radius 3 is 2.57 bits per heavy atom.